The molecule has 0 aliphatic heterocycles. The molecule has 2 rings (SSSR count). The molecule has 3 nitrogen and oxygen atoms in total. The predicted octanol–water partition coefficient (Wildman–Crippen LogP) is 2.51. The SMILES string of the molecule is COC(=O)C1(N)CCC(Sc2cccc(C)c2)C1. The second-order valence-corrected chi connectivity index (χ2v) is 6.32. The molecule has 4 heteroatoms. The van der Waals surface area contributed by atoms with E-state index in [1.807, 2.05) is 11.8 Å². The third-order valence-corrected chi connectivity index (χ3v) is 4.65. The summed E-state index contributed by atoms with van der Waals surface area (Å²) in [6.07, 6.45) is 2.37. The minimum absolute atomic E-state index is 0.283. The van der Waals surface area contributed by atoms with Crippen LogP contribution in [-0.4, -0.2) is 23.9 Å². The summed E-state index contributed by atoms with van der Waals surface area (Å²) < 4.78 is 4.78. The highest BCUT2D eigenvalue weighted by atomic mass is 32.2. The van der Waals surface area contributed by atoms with Crippen molar-refractivity contribution in [2.24, 2.45) is 5.73 Å². The lowest BCUT2D eigenvalue weighted by Gasteiger charge is -2.20. The molecule has 1 saturated carbocycles. The number of rotatable bonds is 3. The molecule has 18 heavy (non-hydrogen) atoms. The van der Waals surface area contributed by atoms with Crippen molar-refractivity contribution in [3.8, 4) is 0 Å². The number of ether oxygens (including phenoxy) is 1. The first-order valence-corrected chi connectivity index (χ1v) is 7.02. The van der Waals surface area contributed by atoms with Gasteiger partial charge in [-0.15, -0.1) is 11.8 Å². The molecule has 1 aliphatic carbocycles. The van der Waals surface area contributed by atoms with E-state index in [0.717, 1.165) is 6.42 Å². The quantitative estimate of drug-likeness (QED) is 0.853. The van der Waals surface area contributed by atoms with E-state index in [2.05, 4.69) is 31.2 Å². The van der Waals surface area contributed by atoms with Crippen molar-refractivity contribution < 1.29 is 9.53 Å². The average molecular weight is 265 g/mol. The van der Waals surface area contributed by atoms with Gasteiger partial charge in [-0.1, -0.05) is 17.7 Å². The maximum Gasteiger partial charge on any atom is 0.325 e. The molecular weight excluding hydrogens is 246 g/mol. The van der Waals surface area contributed by atoms with E-state index in [4.69, 9.17) is 10.5 Å². The van der Waals surface area contributed by atoms with Gasteiger partial charge in [0, 0.05) is 10.1 Å². The molecule has 0 saturated heterocycles. The summed E-state index contributed by atoms with van der Waals surface area (Å²) in [5.41, 5.74) is 6.57. The Morgan fingerprint density at radius 1 is 1.56 bits per heavy atom. The number of carbonyl (C=O) groups is 1. The van der Waals surface area contributed by atoms with Gasteiger partial charge in [0.05, 0.1) is 7.11 Å². The van der Waals surface area contributed by atoms with E-state index >= 15 is 0 Å². The Hall–Kier alpha value is -1.00. The summed E-state index contributed by atoms with van der Waals surface area (Å²) in [5.74, 6) is -0.283. The van der Waals surface area contributed by atoms with Crippen LogP contribution in [0.3, 0.4) is 0 Å². The molecule has 0 radical (unpaired) electrons. The Kier molecular flexibility index (Phi) is 3.97. The summed E-state index contributed by atoms with van der Waals surface area (Å²) >= 11 is 1.81. The zero-order valence-electron chi connectivity index (χ0n) is 10.8. The number of hydrogen-bond acceptors (Lipinski definition) is 4. The highest BCUT2D eigenvalue weighted by Gasteiger charge is 2.43. The van der Waals surface area contributed by atoms with Crippen molar-refractivity contribution in [2.45, 2.75) is 41.9 Å². The normalized spacial score (nSPS) is 27.2. The van der Waals surface area contributed by atoms with E-state index in [-0.39, 0.29) is 5.97 Å². The van der Waals surface area contributed by atoms with Crippen LogP contribution in [0.1, 0.15) is 24.8 Å². The zero-order chi connectivity index (χ0) is 13.2. The summed E-state index contributed by atoms with van der Waals surface area (Å²) in [6, 6.07) is 8.41. The van der Waals surface area contributed by atoms with Gasteiger partial charge in [-0.25, -0.2) is 0 Å². The second kappa shape index (κ2) is 5.33. The fraction of sp³-hybridized carbons (Fsp3) is 0.500. The molecule has 0 spiro atoms. The van der Waals surface area contributed by atoms with E-state index in [9.17, 15) is 4.79 Å². The monoisotopic (exact) mass is 265 g/mol. The average Bonchev–Trinajstić information content (AvgIpc) is 2.71. The first-order valence-electron chi connectivity index (χ1n) is 6.14. The van der Waals surface area contributed by atoms with Gasteiger partial charge in [-0.05, 0) is 38.3 Å². The number of thioether (sulfide) groups is 1. The molecule has 1 fully saturated rings. The molecule has 98 valence electrons. The van der Waals surface area contributed by atoms with Gasteiger partial charge in [0.15, 0.2) is 0 Å². The second-order valence-electron chi connectivity index (χ2n) is 4.95. The molecule has 1 aliphatic rings. The smallest absolute Gasteiger partial charge is 0.325 e. The maximum absolute atomic E-state index is 11.6. The van der Waals surface area contributed by atoms with Crippen molar-refractivity contribution in [1.29, 1.82) is 0 Å². The molecule has 2 atom stereocenters. The minimum atomic E-state index is -0.782. The molecule has 0 bridgehead atoms. The Bertz CT molecular complexity index is 449. The molecular formula is C14H19NO2S. The standard InChI is InChI=1S/C14H19NO2S/c1-10-4-3-5-11(8-10)18-12-6-7-14(15,9-12)13(16)17-2/h3-5,8,12H,6-7,9,15H2,1-2H3. The Labute approximate surface area is 112 Å². The highest BCUT2D eigenvalue weighted by Crippen LogP contribution is 2.39. The molecule has 1 aromatic carbocycles. The first kappa shape index (κ1) is 13.4. The van der Waals surface area contributed by atoms with Crippen LogP contribution in [0.5, 0.6) is 0 Å². The number of aryl methyl sites for hydroxylation is 1. The van der Waals surface area contributed by atoms with Crippen LogP contribution >= 0.6 is 11.8 Å². The van der Waals surface area contributed by atoms with Gasteiger partial charge in [-0.2, -0.15) is 0 Å². The van der Waals surface area contributed by atoms with Gasteiger partial charge in [0.1, 0.15) is 5.54 Å². The lowest BCUT2D eigenvalue weighted by Crippen LogP contribution is -2.46. The third-order valence-electron chi connectivity index (χ3n) is 3.39. The fourth-order valence-corrected chi connectivity index (χ4v) is 3.81. The number of methoxy groups -OCH3 is 1. The molecule has 2 unspecified atom stereocenters. The predicted molar refractivity (Wildman–Crippen MR) is 73.6 cm³/mol. The number of nitrogens with two attached hydrogens (primary N) is 1. The van der Waals surface area contributed by atoms with Crippen LogP contribution in [0.2, 0.25) is 0 Å². The molecule has 0 heterocycles. The first-order chi connectivity index (χ1) is 8.53. The van der Waals surface area contributed by atoms with E-state index in [1.54, 1.807) is 0 Å². The van der Waals surface area contributed by atoms with E-state index in [0.29, 0.717) is 18.1 Å². The summed E-state index contributed by atoms with van der Waals surface area (Å²) in [4.78, 5) is 12.9. The number of benzene rings is 1. The Morgan fingerprint density at radius 3 is 3.00 bits per heavy atom. The van der Waals surface area contributed by atoms with Crippen LogP contribution in [0.4, 0.5) is 0 Å². The third kappa shape index (κ3) is 2.87. The number of esters is 1. The van der Waals surface area contributed by atoms with Crippen molar-refractivity contribution in [2.75, 3.05) is 7.11 Å². The van der Waals surface area contributed by atoms with Gasteiger partial charge >= 0.3 is 5.97 Å². The van der Waals surface area contributed by atoms with Crippen molar-refractivity contribution in [3.05, 3.63) is 29.8 Å². The van der Waals surface area contributed by atoms with Crippen LogP contribution < -0.4 is 5.73 Å². The van der Waals surface area contributed by atoms with Crippen LogP contribution in [0.15, 0.2) is 29.2 Å². The summed E-state index contributed by atoms with van der Waals surface area (Å²) in [6.45, 7) is 2.08. The van der Waals surface area contributed by atoms with Crippen LogP contribution in [0, 0.1) is 6.92 Å². The summed E-state index contributed by atoms with van der Waals surface area (Å²) in [7, 11) is 1.40. The van der Waals surface area contributed by atoms with Crippen LogP contribution in [-0.2, 0) is 9.53 Å². The van der Waals surface area contributed by atoms with E-state index in [1.165, 1.54) is 17.6 Å². The van der Waals surface area contributed by atoms with Crippen molar-refractivity contribution in [1.82, 2.24) is 0 Å². The lowest BCUT2D eigenvalue weighted by atomic mass is 10.00. The van der Waals surface area contributed by atoms with E-state index < -0.39 is 5.54 Å². The minimum Gasteiger partial charge on any atom is -0.468 e. The number of carbonyl (C=O) groups excluding carboxylic acids is 1. The van der Waals surface area contributed by atoms with Gasteiger partial charge < -0.3 is 10.5 Å². The number of hydrogen-bond donors (Lipinski definition) is 1. The summed E-state index contributed by atoms with van der Waals surface area (Å²) in [5, 5.41) is 0.399. The Morgan fingerprint density at radius 2 is 2.33 bits per heavy atom. The molecule has 0 aromatic heterocycles. The molecule has 2 N–H and O–H groups in total. The fourth-order valence-electron chi connectivity index (χ4n) is 2.40. The van der Waals surface area contributed by atoms with Gasteiger partial charge in [-0.3, -0.25) is 4.79 Å². The molecule has 0 amide bonds. The molecule has 1 aromatic rings. The van der Waals surface area contributed by atoms with Crippen LogP contribution in [0.25, 0.3) is 0 Å². The highest BCUT2D eigenvalue weighted by molar-refractivity contribution is 8.00. The maximum atomic E-state index is 11.6. The van der Waals surface area contributed by atoms with Crippen molar-refractivity contribution >= 4 is 17.7 Å². The van der Waals surface area contributed by atoms with Gasteiger partial charge in [0.25, 0.3) is 0 Å². The lowest BCUT2D eigenvalue weighted by molar-refractivity contribution is -0.146. The van der Waals surface area contributed by atoms with Gasteiger partial charge in [0.2, 0.25) is 0 Å². The largest absolute Gasteiger partial charge is 0.468 e. The van der Waals surface area contributed by atoms with Crippen molar-refractivity contribution in [3.63, 3.8) is 0 Å². The zero-order valence-corrected chi connectivity index (χ0v) is 11.6. The topological polar surface area (TPSA) is 52.3 Å². The Balaban J connectivity index is 2.00.